The van der Waals surface area contributed by atoms with Gasteiger partial charge in [-0.15, -0.1) is 10.2 Å². The molecule has 1 aliphatic rings. The second kappa shape index (κ2) is 8.10. The molecule has 0 spiro atoms. The van der Waals surface area contributed by atoms with Gasteiger partial charge in [0.15, 0.2) is 11.5 Å². The third kappa shape index (κ3) is 3.80. The quantitative estimate of drug-likeness (QED) is 0.673. The van der Waals surface area contributed by atoms with E-state index in [0.29, 0.717) is 30.2 Å². The lowest BCUT2D eigenvalue weighted by molar-refractivity contribution is 0.0527. The van der Waals surface area contributed by atoms with Crippen LogP contribution in [0.5, 0.6) is 0 Å². The Hall–Kier alpha value is -3.74. The van der Waals surface area contributed by atoms with Gasteiger partial charge in [0.1, 0.15) is 0 Å². The molecular weight excluding hydrogens is 368 g/mol. The summed E-state index contributed by atoms with van der Waals surface area (Å²) in [5, 5.41) is 11.3. The van der Waals surface area contributed by atoms with E-state index in [0.717, 1.165) is 17.7 Å². The number of anilines is 3. The van der Waals surface area contributed by atoms with Crippen LogP contribution in [0, 0.1) is 0 Å². The lowest BCUT2D eigenvalue weighted by Gasteiger charge is -2.16. The van der Waals surface area contributed by atoms with Crippen molar-refractivity contribution in [1.82, 2.24) is 10.2 Å². The summed E-state index contributed by atoms with van der Waals surface area (Å²) in [6, 6.07) is 18.2. The molecule has 146 valence electrons. The van der Waals surface area contributed by atoms with Gasteiger partial charge in [-0.25, -0.2) is 4.79 Å². The molecule has 0 saturated heterocycles. The van der Waals surface area contributed by atoms with Gasteiger partial charge in [0.05, 0.1) is 17.9 Å². The number of nitrogens with zero attached hydrogens (tertiary/aromatic N) is 3. The van der Waals surface area contributed by atoms with E-state index in [2.05, 4.69) is 15.5 Å². The fourth-order valence-corrected chi connectivity index (χ4v) is 3.32. The number of fused-ring (bicyclic) bond motifs is 1. The highest BCUT2D eigenvalue weighted by Crippen LogP contribution is 2.28. The Morgan fingerprint density at radius 3 is 2.62 bits per heavy atom. The average molecular weight is 388 g/mol. The number of para-hydroxylation sites is 2. The minimum absolute atomic E-state index is 0.180. The Labute approximate surface area is 168 Å². The van der Waals surface area contributed by atoms with E-state index in [9.17, 15) is 9.59 Å². The molecule has 7 nitrogen and oxygen atoms in total. The normalized spacial score (nSPS) is 12.4. The van der Waals surface area contributed by atoms with Crippen molar-refractivity contribution in [3.63, 3.8) is 0 Å². The van der Waals surface area contributed by atoms with Gasteiger partial charge in [0.2, 0.25) is 0 Å². The number of hydrogen-bond donors (Lipinski definition) is 1. The summed E-state index contributed by atoms with van der Waals surface area (Å²) in [5.74, 6) is -0.163. The number of carbonyl (C=O) groups is 2. The summed E-state index contributed by atoms with van der Waals surface area (Å²) in [4.78, 5) is 26.7. The number of esters is 1. The van der Waals surface area contributed by atoms with Crippen molar-refractivity contribution in [3.8, 4) is 0 Å². The van der Waals surface area contributed by atoms with E-state index in [1.807, 2.05) is 24.3 Å². The molecule has 3 aromatic rings. The van der Waals surface area contributed by atoms with Crippen LogP contribution in [0.2, 0.25) is 0 Å². The number of aromatic nitrogens is 2. The van der Waals surface area contributed by atoms with Gasteiger partial charge in [-0.2, -0.15) is 0 Å². The molecular formula is C22H20N4O3. The number of rotatable bonds is 5. The summed E-state index contributed by atoms with van der Waals surface area (Å²) in [6.07, 6.45) is 0.833. The van der Waals surface area contributed by atoms with E-state index in [1.54, 1.807) is 48.2 Å². The fraction of sp³-hybridized carbons (Fsp3) is 0.182. The third-order valence-electron chi connectivity index (χ3n) is 4.70. The molecule has 0 aliphatic carbocycles. The molecule has 1 N–H and O–H groups in total. The lowest BCUT2D eigenvalue weighted by Crippen LogP contribution is -2.29. The van der Waals surface area contributed by atoms with Crippen LogP contribution < -0.4 is 10.2 Å². The number of ether oxygens (including phenoxy) is 1. The zero-order valence-electron chi connectivity index (χ0n) is 16.0. The van der Waals surface area contributed by atoms with Gasteiger partial charge in [-0.05, 0) is 49.2 Å². The molecule has 0 saturated carbocycles. The van der Waals surface area contributed by atoms with Gasteiger partial charge in [-0.1, -0.05) is 30.3 Å². The molecule has 4 rings (SSSR count). The van der Waals surface area contributed by atoms with E-state index in [-0.39, 0.29) is 11.6 Å². The smallest absolute Gasteiger partial charge is 0.340 e. The fourth-order valence-electron chi connectivity index (χ4n) is 3.32. The van der Waals surface area contributed by atoms with E-state index in [1.165, 1.54) is 0 Å². The number of benzene rings is 2. The number of hydrogen-bond acceptors (Lipinski definition) is 6. The van der Waals surface area contributed by atoms with Crippen molar-refractivity contribution in [1.29, 1.82) is 0 Å². The summed E-state index contributed by atoms with van der Waals surface area (Å²) in [7, 11) is 0. The number of amides is 1. The van der Waals surface area contributed by atoms with Crippen molar-refractivity contribution in [3.05, 3.63) is 77.5 Å². The average Bonchev–Trinajstić information content (AvgIpc) is 3.18. The zero-order valence-corrected chi connectivity index (χ0v) is 16.0. The minimum atomic E-state index is -0.414. The molecule has 7 heteroatoms. The first-order valence-corrected chi connectivity index (χ1v) is 9.44. The molecule has 0 unspecified atom stereocenters. The van der Waals surface area contributed by atoms with Crippen LogP contribution >= 0.6 is 0 Å². The monoisotopic (exact) mass is 388 g/mol. The van der Waals surface area contributed by atoms with Crippen molar-refractivity contribution in [2.75, 3.05) is 23.4 Å². The minimum Gasteiger partial charge on any atom is -0.462 e. The topological polar surface area (TPSA) is 84.4 Å². The number of carbonyl (C=O) groups excluding carboxylic acids is 2. The first-order valence-electron chi connectivity index (χ1n) is 9.44. The highest BCUT2D eigenvalue weighted by atomic mass is 16.5. The van der Waals surface area contributed by atoms with Crippen LogP contribution in [0.15, 0.2) is 60.7 Å². The van der Waals surface area contributed by atoms with Crippen molar-refractivity contribution in [2.24, 2.45) is 0 Å². The van der Waals surface area contributed by atoms with Gasteiger partial charge in [0.25, 0.3) is 5.91 Å². The summed E-state index contributed by atoms with van der Waals surface area (Å²) < 4.78 is 5.08. The molecule has 1 aliphatic heterocycles. The highest BCUT2D eigenvalue weighted by Gasteiger charge is 2.26. The molecule has 2 heterocycles. The second-order valence-corrected chi connectivity index (χ2v) is 6.53. The van der Waals surface area contributed by atoms with Crippen molar-refractivity contribution in [2.45, 2.75) is 13.3 Å². The predicted octanol–water partition coefficient (Wildman–Crippen LogP) is 3.60. The summed E-state index contributed by atoms with van der Waals surface area (Å²) >= 11 is 0. The zero-order chi connectivity index (χ0) is 20.2. The Bertz CT molecular complexity index is 1050. The van der Waals surface area contributed by atoms with E-state index < -0.39 is 5.97 Å². The first kappa shape index (κ1) is 18.6. The predicted molar refractivity (Wildman–Crippen MR) is 110 cm³/mol. The molecule has 0 radical (unpaired) electrons. The van der Waals surface area contributed by atoms with Crippen LogP contribution in [-0.2, 0) is 11.2 Å². The van der Waals surface area contributed by atoms with Crippen molar-refractivity contribution < 1.29 is 14.3 Å². The van der Waals surface area contributed by atoms with Gasteiger partial charge in [-0.3, -0.25) is 4.79 Å². The van der Waals surface area contributed by atoms with Crippen LogP contribution in [0.4, 0.5) is 17.2 Å². The molecule has 2 aromatic carbocycles. The van der Waals surface area contributed by atoms with Gasteiger partial charge in [0, 0.05) is 12.2 Å². The maximum absolute atomic E-state index is 12.8. The SMILES string of the molecule is CCOC(=O)c1ccccc1Nc1ccc(C(=O)N2CCc3ccccc32)nn1. The Kier molecular flexibility index (Phi) is 5.20. The van der Waals surface area contributed by atoms with Crippen LogP contribution in [0.25, 0.3) is 0 Å². The Balaban J connectivity index is 1.51. The van der Waals surface area contributed by atoms with Crippen molar-refractivity contribution >= 4 is 29.1 Å². The second-order valence-electron chi connectivity index (χ2n) is 6.53. The largest absolute Gasteiger partial charge is 0.462 e. The van der Waals surface area contributed by atoms with Gasteiger partial charge >= 0.3 is 5.97 Å². The Morgan fingerprint density at radius 2 is 1.83 bits per heavy atom. The maximum Gasteiger partial charge on any atom is 0.340 e. The van der Waals surface area contributed by atoms with Crippen LogP contribution in [-0.4, -0.2) is 35.2 Å². The molecule has 1 aromatic heterocycles. The van der Waals surface area contributed by atoms with Crippen LogP contribution in [0.3, 0.4) is 0 Å². The van der Waals surface area contributed by atoms with E-state index >= 15 is 0 Å². The standard InChI is InChI=1S/C22H20N4O3/c1-2-29-22(28)16-8-4-5-9-17(16)23-20-12-11-18(24-25-20)21(27)26-14-13-15-7-3-6-10-19(15)26/h3-12H,2,13-14H2,1H3,(H,23,25). The lowest BCUT2D eigenvalue weighted by atomic mass is 10.2. The third-order valence-corrected chi connectivity index (χ3v) is 4.70. The summed E-state index contributed by atoms with van der Waals surface area (Å²) in [5.41, 5.74) is 3.32. The highest BCUT2D eigenvalue weighted by molar-refractivity contribution is 6.06. The number of nitrogens with one attached hydrogen (secondary N) is 1. The molecule has 0 fully saturated rings. The van der Waals surface area contributed by atoms with E-state index in [4.69, 9.17) is 4.74 Å². The molecule has 1 amide bonds. The molecule has 0 atom stereocenters. The maximum atomic E-state index is 12.8. The Morgan fingerprint density at radius 1 is 1.03 bits per heavy atom. The molecule has 29 heavy (non-hydrogen) atoms. The summed E-state index contributed by atoms with van der Waals surface area (Å²) in [6.45, 7) is 2.68. The molecule has 0 bridgehead atoms. The van der Waals surface area contributed by atoms with Gasteiger partial charge < -0.3 is 15.0 Å². The van der Waals surface area contributed by atoms with Crippen LogP contribution in [0.1, 0.15) is 33.3 Å². The first-order chi connectivity index (χ1) is 14.2.